The van der Waals surface area contributed by atoms with E-state index >= 15 is 0 Å². The zero-order chi connectivity index (χ0) is 14.8. The third-order valence-electron chi connectivity index (χ3n) is 3.15. The normalized spacial score (nSPS) is 11.0. The highest BCUT2D eigenvalue weighted by Gasteiger charge is 2.07. The molecule has 0 saturated heterocycles. The summed E-state index contributed by atoms with van der Waals surface area (Å²) >= 11 is 1.60. The van der Waals surface area contributed by atoms with Gasteiger partial charge in [0.25, 0.3) is 0 Å². The van der Waals surface area contributed by atoms with Crippen molar-refractivity contribution in [2.45, 2.75) is 23.9 Å². The van der Waals surface area contributed by atoms with Crippen LogP contribution in [0, 0.1) is 6.92 Å². The molecule has 3 rings (SSSR count). The monoisotopic (exact) mass is 299 g/mol. The van der Waals surface area contributed by atoms with Crippen molar-refractivity contribution in [3.8, 4) is 5.75 Å². The Labute approximate surface area is 127 Å². The van der Waals surface area contributed by atoms with Crippen LogP contribution >= 0.6 is 11.8 Å². The number of hydrogen-bond acceptors (Lipinski definition) is 4. The predicted octanol–water partition coefficient (Wildman–Crippen LogP) is 4.00. The third kappa shape index (κ3) is 2.97. The number of rotatable bonds is 4. The van der Waals surface area contributed by atoms with Crippen LogP contribution < -0.4 is 10.5 Å². The SMILES string of the molecule is CCOc1ccc2nc(Sc3ccc(N)cc3C)[nH]c2c1. The summed E-state index contributed by atoms with van der Waals surface area (Å²) in [4.78, 5) is 9.07. The number of ether oxygens (including phenoxy) is 1. The number of aryl methyl sites for hydroxylation is 1. The zero-order valence-electron chi connectivity index (χ0n) is 12.0. The smallest absolute Gasteiger partial charge is 0.171 e. The Hall–Kier alpha value is -2.14. The largest absolute Gasteiger partial charge is 0.494 e. The number of benzene rings is 2. The third-order valence-corrected chi connectivity index (χ3v) is 4.21. The lowest BCUT2D eigenvalue weighted by atomic mass is 10.2. The van der Waals surface area contributed by atoms with E-state index in [9.17, 15) is 0 Å². The zero-order valence-corrected chi connectivity index (χ0v) is 12.8. The van der Waals surface area contributed by atoms with E-state index in [1.165, 1.54) is 0 Å². The molecular weight excluding hydrogens is 282 g/mol. The number of nitrogens with two attached hydrogens (primary N) is 1. The van der Waals surface area contributed by atoms with Crippen molar-refractivity contribution in [3.05, 3.63) is 42.0 Å². The van der Waals surface area contributed by atoms with Crippen molar-refractivity contribution in [2.24, 2.45) is 0 Å². The molecule has 1 aromatic heterocycles. The molecule has 0 fully saturated rings. The fourth-order valence-electron chi connectivity index (χ4n) is 2.16. The quantitative estimate of drug-likeness (QED) is 0.715. The van der Waals surface area contributed by atoms with Crippen LogP contribution in [0.5, 0.6) is 5.75 Å². The molecule has 0 bridgehead atoms. The molecule has 0 spiro atoms. The summed E-state index contributed by atoms with van der Waals surface area (Å²) in [6, 6.07) is 11.8. The first-order valence-electron chi connectivity index (χ1n) is 6.82. The summed E-state index contributed by atoms with van der Waals surface area (Å²) in [5, 5.41) is 0.867. The first-order valence-corrected chi connectivity index (χ1v) is 7.64. The van der Waals surface area contributed by atoms with Gasteiger partial charge in [0.1, 0.15) is 5.75 Å². The van der Waals surface area contributed by atoms with Gasteiger partial charge in [0.15, 0.2) is 5.16 Å². The Morgan fingerprint density at radius 1 is 1.24 bits per heavy atom. The lowest BCUT2D eigenvalue weighted by Gasteiger charge is -2.03. The first kappa shape index (κ1) is 13.8. The maximum atomic E-state index is 5.78. The van der Waals surface area contributed by atoms with Gasteiger partial charge in [-0.05, 0) is 49.7 Å². The summed E-state index contributed by atoms with van der Waals surface area (Å²) in [6.07, 6.45) is 0. The summed E-state index contributed by atoms with van der Waals surface area (Å²) in [5.74, 6) is 0.855. The minimum absolute atomic E-state index is 0.659. The van der Waals surface area contributed by atoms with E-state index in [1.807, 2.05) is 43.3 Å². The Morgan fingerprint density at radius 3 is 2.86 bits per heavy atom. The molecule has 0 aliphatic heterocycles. The molecule has 0 aliphatic rings. The van der Waals surface area contributed by atoms with Crippen LogP contribution in [0.4, 0.5) is 5.69 Å². The van der Waals surface area contributed by atoms with Gasteiger partial charge in [0, 0.05) is 16.6 Å². The van der Waals surface area contributed by atoms with Crippen LogP contribution in [0.3, 0.4) is 0 Å². The second-order valence-corrected chi connectivity index (χ2v) is 5.81. The number of nitrogens with zero attached hydrogens (tertiary/aromatic N) is 1. The number of aromatic nitrogens is 2. The summed E-state index contributed by atoms with van der Waals surface area (Å²) < 4.78 is 5.51. The van der Waals surface area contributed by atoms with E-state index in [4.69, 9.17) is 10.5 Å². The van der Waals surface area contributed by atoms with Crippen molar-refractivity contribution in [1.29, 1.82) is 0 Å². The van der Waals surface area contributed by atoms with Crippen molar-refractivity contribution in [2.75, 3.05) is 12.3 Å². The molecule has 0 saturated carbocycles. The van der Waals surface area contributed by atoms with E-state index in [2.05, 4.69) is 16.9 Å². The average molecular weight is 299 g/mol. The van der Waals surface area contributed by atoms with E-state index in [0.717, 1.165) is 38.1 Å². The van der Waals surface area contributed by atoms with Crippen LogP contribution in [-0.2, 0) is 0 Å². The lowest BCUT2D eigenvalue weighted by Crippen LogP contribution is -1.90. The number of aromatic amines is 1. The van der Waals surface area contributed by atoms with Crippen molar-refractivity contribution in [1.82, 2.24) is 9.97 Å². The van der Waals surface area contributed by atoms with Crippen LogP contribution in [0.2, 0.25) is 0 Å². The predicted molar refractivity (Wildman–Crippen MR) is 87.0 cm³/mol. The van der Waals surface area contributed by atoms with Gasteiger partial charge < -0.3 is 15.5 Å². The minimum atomic E-state index is 0.659. The number of imidazole rings is 1. The average Bonchev–Trinajstić information content (AvgIpc) is 2.84. The van der Waals surface area contributed by atoms with E-state index < -0.39 is 0 Å². The summed E-state index contributed by atoms with van der Waals surface area (Å²) in [7, 11) is 0. The maximum absolute atomic E-state index is 5.78. The van der Waals surface area contributed by atoms with Crippen molar-refractivity contribution >= 4 is 28.5 Å². The second kappa shape index (κ2) is 5.69. The maximum Gasteiger partial charge on any atom is 0.171 e. The number of H-pyrrole nitrogens is 1. The molecule has 1 heterocycles. The molecule has 0 radical (unpaired) electrons. The fourth-order valence-corrected chi connectivity index (χ4v) is 3.03. The highest BCUT2D eigenvalue weighted by atomic mass is 32.2. The van der Waals surface area contributed by atoms with Crippen LogP contribution in [0.25, 0.3) is 11.0 Å². The molecule has 3 aromatic rings. The van der Waals surface area contributed by atoms with E-state index in [0.29, 0.717) is 6.61 Å². The van der Waals surface area contributed by atoms with Crippen LogP contribution in [-0.4, -0.2) is 16.6 Å². The fraction of sp³-hybridized carbons (Fsp3) is 0.188. The molecule has 4 nitrogen and oxygen atoms in total. The molecule has 21 heavy (non-hydrogen) atoms. The summed E-state index contributed by atoms with van der Waals surface area (Å²) in [5.41, 5.74) is 9.63. The molecule has 5 heteroatoms. The molecular formula is C16H17N3OS. The highest BCUT2D eigenvalue weighted by Crippen LogP contribution is 2.31. The van der Waals surface area contributed by atoms with Gasteiger partial charge in [-0.25, -0.2) is 4.98 Å². The van der Waals surface area contributed by atoms with Crippen LogP contribution in [0.1, 0.15) is 12.5 Å². The van der Waals surface area contributed by atoms with Crippen molar-refractivity contribution in [3.63, 3.8) is 0 Å². The molecule has 0 aliphatic carbocycles. The molecule has 0 atom stereocenters. The van der Waals surface area contributed by atoms with E-state index in [-0.39, 0.29) is 0 Å². The minimum Gasteiger partial charge on any atom is -0.494 e. The molecule has 0 unspecified atom stereocenters. The van der Waals surface area contributed by atoms with Gasteiger partial charge in [0.2, 0.25) is 0 Å². The topological polar surface area (TPSA) is 63.9 Å². The molecule has 108 valence electrons. The second-order valence-electron chi connectivity index (χ2n) is 4.78. The standard InChI is InChI=1S/C16H17N3OS/c1-3-20-12-5-6-13-14(9-12)19-16(18-13)21-15-7-4-11(17)8-10(15)2/h4-9H,3,17H2,1-2H3,(H,18,19). The van der Waals surface area contributed by atoms with Gasteiger partial charge in [0.05, 0.1) is 17.6 Å². The Balaban J connectivity index is 1.90. The number of fused-ring (bicyclic) bond motifs is 1. The number of hydrogen-bond donors (Lipinski definition) is 2. The molecule has 0 amide bonds. The molecule has 2 aromatic carbocycles. The van der Waals surface area contributed by atoms with Gasteiger partial charge >= 0.3 is 0 Å². The van der Waals surface area contributed by atoms with Gasteiger partial charge in [-0.15, -0.1) is 0 Å². The van der Waals surface area contributed by atoms with Crippen LogP contribution in [0.15, 0.2) is 46.5 Å². The summed E-state index contributed by atoms with van der Waals surface area (Å²) in [6.45, 7) is 4.68. The first-order chi connectivity index (χ1) is 10.2. The van der Waals surface area contributed by atoms with E-state index in [1.54, 1.807) is 11.8 Å². The lowest BCUT2D eigenvalue weighted by molar-refractivity contribution is 0.340. The Bertz CT molecular complexity index is 782. The van der Waals surface area contributed by atoms with Gasteiger partial charge in [-0.1, -0.05) is 11.8 Å². The van der Waals surface area contributed by atoms with Gasteiger partial charge in [-0.3, -0.25) is 0 Å². The number of nitrogen functional groups attached to an aromatic ring is 1. The highest BCUT2D eigenvalue weighted by molar-refractivity contribution is 7.99. The molecule has 3 N–H and O–H groups in total. The number of nitrogens with one attached hydrogen (secondary N) is 1. The van der Waals surface area contributed by atoms with Crippen molar-refractivity contribution < 1.29 is 4.74 Å². The number of anilines is 1. The Kier molecular flexibility index (Phi) is 3.75. The Morgan fingerprint density at radius 2 is 2.10 bits per heavy atom. The van der Waals surface area contributed by atoms with Gasteiger partial charge in [-0.2, -0.15) is 0 Å².